The van der Waals surface area contributed by atoms with Crippen LogP contribution in [0.1, 0.15) is 84.4 Å². The van der Waals surface area contributed by atoms with Crippen molar-refractivity contribution in [2.24, 2.45) is 0 Å². The summed E-state index contributed by atoms with van der Waals surface area (Å²) >= 11 is 4.31. The van der Waals surface area contributed by atoms with Gasteiger partial charge in [-0.1, -0.05) is 50.3 Å². The number of carbonyl (C=O) groups is 3. The van der Waals surface area contributed by atoms with Crippen molar-refractivity contribution in [1.29, 1.82) is 0 Å². The van der Waals surface area contributed by atoms with Crippen LogP contribution in [0, 0.1) is 12.3 Å². The third-order valence-electron chi connectivity index (χ3n) is 5.11. The first kappa shape index (κ1) is 30.4. The lowest BCUT2D eigenvalue weighted by molar-refractivity contribution is -0.142. The summed E-state index contributed by atoms with van der Waals surface area (Å²) in [6.45, 7) is 11.4. The number of hydrogen-bond acceptors (Lipinski definition) is 5. The minimum absolute atomic E-state index is 0.0405. The van der Waals surface area contributed by atoms with E-state index in [1.54, 1.807) is 45.0 Å². The van der Waals surface area contributed by atoms with Crippen LogP contribution in [0.5, 0.6) is 0 Å². The SMILES string of the molecule is C#Cc1ccccc1C(C(=O)NC(C)C)N(CCCCCC)C(=O)C(CS)NC(=O)OC(C)(C)C. The average Bonchev–Trinajstić information content (AvgIpc) is 2.77. The van der Waals surface area contributed by atoms with Gasteiger partial charge in [0.25, 0.3) is 0 Å². The summed E-state index contributed by atoms with van der Waals surface area (Å²) in [5.74, 6) is 1.92. The fourth-order valence-electron chi connectivity index (χ4n) is 3.59. The molecule has 0 spiro atoms. The van der Waals surface area contributed by atoms with E-state index in [0.717, 1.165) is 19.3 Å². The van der Waals surface area contributed by atoms with Gasteiger partial charge in [-0.15, -0.1) is 6.42 Å². The van der Waals surface area contributed by atoms with E-state index in [1.807, 2.05) is 13.8 Å². The van der Waals surface area contributed by atoms with E-state index < -0.39 is 29.7 Å². The number of nitrogens with zero attached hydrogens (tertiary/aromatic N) is 1. The molecule has 2 atom stereocenters. The number of amides is 3. The van der Waals surface area contributed by atoms with Crippen LogP contribution in [0.2, 0.25) is 0 Å². The van der Waals surface area contributed by atoms with Crippen LogP contribution in [-0.4, -0.2) is 52.8 Å². The number of hydrogen-bond donors (Lipinski definition) is 3. The monoisotopic (exact) mass is 503 g/mol. The van der Waals surface area contributed by atoms with E-state index in [0.29, 0.717) is 24.1 Å². The summed E-state index contributed by atoms with van der Waals surface area (Å²) in [6.07, 6.45) is 8.68. The molecular weight excluding hydrogens is 462 g/mol. The maximum atomic E-state index is 13.8. The number of rotatable bonds is 12. The number of alkyl carbamates (subject to hydrolysis) is 1. The molecule has 0 bridgehead atoms. The van der Waals surface area contributed by atoms with E-state index in [9.17, 15) is 14.4 Å². The molecule has 8 heteroatoms. The fourth-order valence-corrected chi connectivity index (χ4v) is 3.84. The van der Waals surface area contributed by atoms with Gasteiger partial charge in [0.05, 0.1) is 0 Å². The van der Waals surface area contributed by atoms with Crippen molar-refractivity contribution >= 4 is 30.5 Å². The van der Waals surface area contributed by atoms with Gasteiger partial charge in [-0.05, 0) is 52.7 Å². The molecule has 1 rings (SSSR count). The molecule has 7 nitrogen and oxygen atoms in total. The maximum Gasteiger partial charge on any atom is 0.408 e. The highest BCUT2D eigenvalue weighted by Crippen LogP contribution is 2.26. The topological polar surface area (TPSA) is 87.7 Å². The van der Waals surface area contributed by atoms with Gasteiger partial charge in [-0.3, -0.25) is 9.59 Å². The molecule has 0 heterocycles. The predicted octanol–water partition coefficient (Wildman–Crippen LogP) is 4.47. The van der Waals surface area contributed by atoms with Crippen LogP contribution < -0.4 is 10.6 Å². The number of ether oxygens (including phenoxy) is 1. The molecule has 2 unspecified atom stereocenters. The van der Waals surface area contributed by atoms with Gasteiger partial charge in [0.15, 0.2) is 0 Å². The van der Waals surface area contributed by atoms with Gasteiger partial charge in [0.2, 0.25) is 11.8 Å². The Labute approximate surface area is 216 Å². The maximum absolute atomic E-state index is 13.8. The van der Waals surface area contributed by atoms with Crippen LogP contribution in [0.25, 0.3) is 0 Å². The van der Waals surface area contributed by atoms with Gasteiger partial charge < -0.3 is 20.3 Å². The summed E-state index contributed by atoms with van der Waals surface area (Å²) in [7, 11) is 0. The summed E-state index contributed by atoms with van der Waals surface area (Å²) in [5, 5.41) is 5.54. The smallest absolute Gasteiger partial charge is 0.408 e. The summed E-state index contributed by atoms with van der Waals surface area (Å²) in [4.78, 5) is 41.2. The lowest BCUT2D eigenvalue weighted by Gasteiger charge is -2.35. The van der Waals surface area contributed by atoms with Crippen molar-refractivity contribution in [3.63, 3.8) is 0 Å². The lowest BCUT2D eigenvalue weighted by Crippen LogP contribution is -2.54. The highest BCUT2D eigenvalue weighted by atomic mass is 32.1. The minimum atomic E-state index is -0.980. The Bertz CT molecular complexity index is 889. The Kier molecular flexibility index (Phi) is 12.7. The Balaban J connectivity index is 3.45. The molecule has 1 aromatic carbocycles. The second-order valence-electron chi connectivity index (χ2n) is 9.77. The molecule has 0 saturated heterocycles. The molecule has 2 N–H and O–H groups in total. The number of unbranched alkanes of at least 4 members (excludes halogenated alkanes) is 3. The van der Waals surface area contributed by atoms with Crippen molar-refractivity contribution < 1.29 is 19.1 Å². The van der Waals surface area contributed by atoms with E-state index in [-0.39, 0.29) is 17.7 Å². The summed E-state index contributed by atoms with van der Waals surface area (Å²) in [5.41, 5.74) is 0.372. The number of terminal acetylenes is 1. The van der Waals surface area contributed by atoms with Gasteiger partial charge in [-0.25, -0.2) is 4.79 Å². The highest BCUT2D eigenvalue weighted by molar-refractivity contribution is 7.80. The first-order chi connectivity index (χ1) is 16.4. The van der Waals surface area contributed by atoms with E-state index in [1.165, 1.54) is 4.90 Å². The van der Waals surface area contributed by atoms with Crippen LogP contribution in [0.3, 0.4) is 0 Å². The standard InChI is InChI=1S/C27H41N3O4S/c1-8-10-11-14-17-30(25(32)22(18-35)29-26(33)34-27(5,6)7)23(24(31)28-19(3)4)21-16-13-12-15-20(21)9-2/h2,12-13,15-16,19,22-23,35H,8,10-11,14,17-18H2,1,3-7H3,(H,28,31)(H,29,33). The molecule has 0 aliphatic heterocycles. The molecule has 3 amide bonds. The third kappa shape index (κ3) is 10.2. The van der Waals surface area contributed by atoms with E-state index in [4.69, 9.17) is 11.2 Å². The first-order valence-electron chi connectivity index (χ1n) is 12.2. The highest BCUT2D eigenvalue weighted by Gasteiger charge is 2.36. The third-order valence-corrected chi connectivity index (χ3v) is 5.47. The van der Waals surface area contributed by atoms with Gasteiger partial charge in [0, 0.05) is 23.9 Å². The van der Waals surface area contributed by atoms with E-state index >= 15 is 0 Å². The predicted molar refractivity (Wildman–Crippen MR) is 143 cm³/mol. The Hall–Kier alpha value is -2.66. The zero-order valence-corrected chi connectivity index (χ0v) is 22.8. The molecule has 194 valence electrons. The van der Waals surface area contributed by atoms with E-state index in [2.05, 4.69) is 36.1 Å². The number of carbonyl (C=O) groups excluding carboxylic acids is 3. The number of nitrogens with one attached hydrogen (secondary N) is 2. The Morgan fingerprint density at radius 1 is 1.11 bits per heavy atom. The second-order valence-corrected chi connectivity index (χ2v) is 10.1. The molecule has 0 saturated carbocycles. The van der Waals surface area contributed by atoms with Gasteiger partial charge in [-0.2, -0.15) is 12.6 Å². The molecule has 0 fully saturated rings. The van der Waals surface area contributed by atoms with Crippen molar-refractivity contribution in [2.45, 2.75) is 91.0 Å². The largest absolute Gasteiger partial charge is 0.444 e. The van der Waals surface area contributed by atoms with Crippen LogP contribution in [0.4, 0.5) is 4.79 Å². The van der Waals surface area contributed by atoms with Crippen molar-refractivity contribution in [3.05, 3.63) is 35.4 Å². The zero-order valence-electron chi connectivity index (χ0n) is 21.9. The second kappa shape index (κ2) is 14.7. The van der Waals surface area contributed by atoms with Crippen LogP contribution in [0.15, 0.2) is 24.3 Å². The zero-order chi connectivity index (χ0) is 26.6. The fraction of sp³-hybridized carbons (Fsp3) is 0.593. The molecule has 0 aliphatic carbocycles. The molecule has 35 heavy (non-hydrogen) atoms. The first-order valence-corrected chi connectivity index (χ1v) is 12.8. The average molecular weight is 504 g/mol. The lowest BCUT2D eigenvalue weighted by atomic mass is 9.97. The quantitative estimate of drug-likeness (QED) is 0.223. The van der Waals surface area contributed by atoms with Crippen molar-refractivity contribution in [3.8, 4) is 12.3 Å². The summed E-state index contributed by atoms with van der Waals surface area (Å²) < 4.78 is 5.33. The van der Waals surface area contributed by atoms with Crippen LogP contribution in [-0.2, 0) is 14.3 Å². The van der Waals surface area contributed by atoms with Gasteiger partial charge >= 0.3 is 6.09 Å². The molecule has 0 radical (unpaired) electrons. The molecule has 0 aliphatic rings. The number of benzene rings is 1. The molecule has 1 aromatic rings. The molecule has 0 aromatic heterocycles. The number of thiol groups is 1. The van der Waals surface area contributed by atoms with Gasteiger partial charge in [0.1, 0.15) is 17.7 Å². The Morgan fingerprint density at radius 2 is 1.77 bits per heavy atom. The minimum Gasteiger partial charge on any atom is -0.444 e. The molecular formula is C27H41N3O4S. The van der Waals surface area contributed by atoms with Crippen molar-refractivity contribution in [1.82, 2.24) is 15.5 Å². The normalized spacial score (nSPS) is 12.9. The van der Waals surface area contributed by atoms with Crippen LogP contribution >= 0.6 is 12.6 Å². The Morgan fingerprint density at radius 3 is 2.31 bits per heavy atom. The summed E-state index contributed by atoms with van der Waals surface area (Å²) in [6, 6.07) is 5.03. The van der Waals surface area contributed by atoms with Crippen molar-refractivity contribution in [2.75, 3.05) is 12.3 Å².